The Labute approximate surface area is 293 Å². The van der Waals surface area contributed by atoms with Gasteiger partial charge >= 0.3 is 21.7 Å². The Morgan fingerprint density at radius 1 is 0.545 bits per heavy atom. The molecule has 0 heterocycles. The van der Waals surface area contributed by atoms with Gasteiger partial charge in [-0.3, -0.25) is 0 Å². The molecule has 0 aliphatic carbocycles. The molecule has 0 unspecified atom stereocenters. The van der Waals surface area contributed by atoms with E-state index in [9.17, 15) is 0 Å². The van der Waals surface area contributed by atoms with E-state index in [1.54, 1.807) is 0 Å². The van der Waals surface area contributed by atoms with Crippen LogP contribution in [-0.4, -0.2) is 0 Å². The topological polar surface area (TPSA) is 0 Å². The summed E-state index contributed by atoms with van der Waals surface area (Å²) in [5.74, 6) is 1.18. The van der Waals surface area contributed by atoms with Crippen LogP contribution in [0.25, 0.3) is 43.8 Å². The minimum Gasteiger partial charge on any atom is -1.00 e. The molecule has 0 bridgehead atoms. The van der Waals surface area contributed by atoms with Gasteiger partial charge in [0.15, 0.2) is 0 Å². The molecule has 0 saturated heterocycles. The fourth-order valence-electron chi connectivity index (χ4n) is 5.37. The Bertz CT molecular complexity index is 1560. The second-order valence-corrected chi connectivity index (χ2v) is 11.6. The van der Waals surface area contributed by atoms with Crippen LogP contribution >= 0.6 is 0 Å². The van der Waals surface area contributed by atoms with E-state index >= 15 is 0 Å². The fraction of sp³-hybridized carbons (Fsp3) is 0.220. The predicted octanol–water partition coefficient (Wildman–Crippen LogP) is 6.37. The molecule has 0 fully saturated rings. The summed E-state index contributed by atoms with van der Waals surface area (Å²) in [6.45, 7) is 20.0. The van der Waals surface area contributed by atoms with Gasteiger partial charge in [-0.15, -0.1) is 69.1 Å². The van der Waals surface area contributed by atoms with Gasteiger partial charge in [0, 0.05) is 0 Å². The average molecular weight is 656 g/mol. The van der Waals surface area contributed by atoms with Crippen LogP contribution < -0.4 is 24.8 Å². The second kappa shape index (κ2) is 18.4. The van der Waals surface area contributed by atoms with Gasteiger partial charge in [0.2, 0.25) is 0 Å². The van der Waals surface area contributed by atoms with Gasteiger partial charge in [-0.1, -0.05) is 113 Å². The summed E-state index contributed by atoms with van der Waals surface area (Å²) in [4.78, 5) is 0. The van der Waals surface area contributed by atoms with Gasteiger partial charge in [-0.2, -0.15) is 12.1 Å². The van der Waals surface area contributed by atoms with Crippen molar-refractivity contribution in [2.24, 2.45) is 0 Å². The van der Waals surface area contributed by atoms with Crippen molar-refractivity contribution in [3.63, 3.8) is 0 Å². The predicted molar refractivity (Wildman–Crippen MR) is 183 cm³/mol. The monoisotopic (exact) mass is 654 g/mol. The zero-order chi connectivity index (χ0) is 29.5. The zero-order valence-electron chi connectivity index (χ0n) is 26.9. The van der Waals surface area contributed by atoms with Crippen LogP contribution in [0.5, 0.6) is 0 Å². The summed E-state index contributed by atoms with van der Waals surface area (Å²) in [6.07, 6.45) is 0.750. The molecule has 0 amide bonds. The molecule has 0 atom stereocenters. The van der Waals surface area contributed by atoms with E-state index in [1.165, 1.54) is 66.1 Å². The van der Waals surface area contributed by atoms with Gasteiger partial charge in [0.25, 0.3) is 0 Å². The quantitative estimate of drug-likeness (QED) is 0.153. The van der Waals surface area contributed by atoms with Crippen LogP contribution in [0.2, 0.25) is 0 Å². The molecule has 44 heavy (non-hydrogen) atoms. The maximum atomic E-state index is 3.38. The van der Waals surface area contributed by atoms with E-state index in [1.807, 2.05) is 0 Å². The molecule has 6 aromatic carbocycles. The summed E-state index contributed by atoms with van der Waals surface area (Å²) in [6, 6.07) is 40.1. The van der Waals surface area contributed by atoms with Crippen LogP contribution in [-0.2, 0) is 21.7 Å². The van der Waals surface area contributed by atoms with Crippen molar-refractivity contribution in [1.82, 2.24) is 0 Å². The van der Waals surface area contributed by atoms with E-state index in [-0.39, 0.29) is 46.5 Å². The van der Waals surface area contributed by atoms with E-state index in [4.69, 9.17) is 0 Å². The summed E-state index contributed by atoms with van der Waals surface area (Å²) >= 11 is 0. The third-order valence-electron chi connectivity index (χ3n) is 7.57. The van der Waals surface area contributed by atoms with Gasteiger partial charge in [0.05, 0.1) is 0 Å². The van der Waals surface area contributed by atoms with Gasteiger partial charge in [-0.25, -0.2) is 0 Å². The van der Waals surface area contributed by atoms with Crippen molar-refractivity contribution in [2.45, 2.75) is 59.8 Å². The molecule has 0 radical (unpaired) electrons. The van der Waals surface area contributed by atoms with Crippen LogP contribution in [0.3, 0.4) is 0 Å². The Balaban J connectivity index is 0.000000380. The fourth-order valence-corrected chi connectivity index (χ4v) is 5.37. The molecular weight excluding hydrogens is 611 g/mol. The Kier molecular flexibility index (Phi) is 16.5. The zero-order valence-corrected chi connectivity index (χ0v) is 30.0. The van der Waals surface area contributed by atoms with Crippen LogP contribution in [0, 0.1) is 27.7 Å². The first kappa shape index (κ1) is 39.4. The number of aryl methyl sites for hydroxylation is 2. The second-order valence-electron chi connectivity index (χ2n) is 11.6. The molecule has 6 rings (SSSR count). The average Bonchev–Trinajstić information content (AvgIpc) is 3.54. The smallest absolute Gasteiger partial charge is 1.00 e. The first-order valence-electron chi connectivity index (χ1n) is 14.8. The van der Waals surface area contributed by atoms with E-state index in [0.717, 1.165) is 6.42 Å². The maximum Gasteiger partial charge on any atom is 2.00 e. The summed E-state index contributed by atoms with van der Waals surface area (Å²) in [5, 5.41) is 5.39. The standard InChI is InChI=1S/2C19H19.C3H6.2ClH.Ti/c2*1-13(2)15-7-9-16(10-8-15)18-6-4-5-17-11-14(3)12-19(17)18;1-3-2;;;/h2*4-13H,1-3H3;1-3H2;2*1H;/q2*-1;-2;;;+2/p-2. The maximum absolute atomic E-state index is 3.38. The van der Waals surface area contributed by atoms with E-state index in [0.29, 0.717) is 11.8 Å². The first-order valence-corrected chi connectivity index (χ1v) is 14.8. The van der Waals surface area contributed by atoms with E-state index in [2.05, 4.69) is 165 Å². The molecule has 3 heteroatoms. The SMILES string of the molecule is Cc1cc2c(-c3ccc(C(C)C)cc3)cccc2[cH-]1.Cc1cc2c(-c3ccc(C(C)C)cc3)cccc2[cH-]1.[CH2-]C[CH2-].[Cl-].[Cl-].[Ti+2]. The molecule has 0 N–H and O–H groups in total. The minimum atomic E-state index is 0. The van der Waals surface area contributed by atoms with Crippen molar-refractivity contribution in [1.29, 1.82) is 0 Å². The molecule has 0 nitrogen and oxygen atoms in total. The molecule has 0 aromatic heterocycles. The van der Waals surface area contributed by atoms with Crippen molar-refractivity contribution < 1.29 is 46.5 Å². The number of halogens is 2. The summed E-state index contributed by atoms with van der Waals surface area (Å²) < 4.78 is 0. The largest absolute Gasteiger partial charge is 2.00 e. The summed E-state index contributed by atoms with van der Waals surface area (Å²) in [5.41, 5.74) is 10.7. The van der Waals surface area contributed by atoms with Gasteiger partial charge in [0.1, 0.15) is 0 Å². The van der Waals surface area contributed by atoms with Crippen LogP contribution in [0.1, 0.15) is 68.2 Å². The van der Waals surface area contributed by atoms with Gasteiger partial charge in [-0.05, 0) is 34.1 Å². The number of hydrogen-bond acceptors (Lipinski definition) is 0. The third kappa shape index (κ3) is 9.70. The van der Waals surface area contributed by atoms with Crippen molar-refractivity contribution in [3.8, 4) is 22.3 Å². The van der Waals surface area contributed by atoms with Crippen LogP contribution in [0.15, 0.2) is 109 Å². The van der Waals surface area contributed by atoms with Crippen LogP contribution in [0.4, 0.5) is 0 Å². The minimum absolute atomic E-state index is 0. The number of rotatable bonds is 4. The molecule has 230 valence electrons. The molecular formula is C41H44Cl2Ti-4. The van der Waals surface area contributed by atoms with Crippen molar-refractivity contribution in [2.75, 3.05) is 0 Å². The molecule has 0 spiro atoms. The molecule has 0 saturated carbocycles. The third-order valence-corrected chi connectivity index (χ3v) is 7.57. The van der Waals surface area contributed by atoms with Gasteiger partial charge < -0.3 is 45.1 Å². The van der Waals surface area contributed by atoms with Crippen molar-refractivity contribution in [3.05, 3.63) is 145 Å². The Hall–Kier alpha value is -2.61. The number of fused-ring (bicyclic) bond motifs is 2. The van der Waals surface area contributed by atoms with Crippen molar-refractivity contribution >= 4 is 21.5 Å². The number of hydrogen-bond donors (Lipinski definition) is 0. The Morgan fingerprint density at radius 2 is 0.864 bits per heavy atom. The summed E-state index contributed by atoms with van der Waals surface area (Å²) in [7, 11) is 0. The molecule has 0 aliphatic rings. The first-order chi connectivity index (χ1) is 19.7. The van der Waals surface area contributed by atoms with E-state index < -0.39 is 0 Å². The molecule has 0 aliphatic heterocycles. The Morgan fingerprint density at radius 3 is 1.16 bits per heavy atom. The normalized spacial score (nSPS) is 10.2. The molecule has 6 aromatic rings. The number of benzene rings is 4.